The second kappa shape index (κ2) is 3.87. The third-order valence-corrected chi connectivity index (χ3v) is 3.77. The number of halogens is 2. The molecule has 0 bridgehead atoms. The normalized spacial score (nSPS) is 29.2. The van der Waals surface area contributed by atoms with E-state index in [1.807, 2.05) is 0 Å². The second-order valence-corrected chi connectivity index (χ2v) is 5.10. The molecule has 3 heteroatoms. The first kappa shape index (κ1) is 11.1. The molecular weight excluding hydrogens is 259 g/mol. The van der Waals surface area contributed by atoms with E-state index in [0.29, 0.717) is 16.0 Å². The van der Waals surface area contributed by atoms with Gasteiger partial charge in [-0.25, -0.2) is 4.39 Å². The maximum absolute atomic E-state index is 13.3. The van der Waals surface area contributed by atoms with Gasteiger partial charge in [-0.1, -0.05) is 19.4 Å². The summed E-state index contributed by atoms with van der Waals surface area (Å²) in [5.74, 6) is 0.00569. The fourth-order valence-electron chi connectivity index (χ4n) is 2.12. The summed E-state index contributed by atoms with van der Waals surface area (Å²) in [5.41, 5.74) is -0.0565. The molecule has 1 saturated carbocycles. The number of hydrogen-bond donors (Lipinski definition) is 1. The van der Waals surface area contributed by atoms with Gasteiger partial charge in [0.2, 0.25) is 0 Å². The van der Waals surface area contributed by atoms with Crippen molar-refractivity contribution in [3.05, 3.63) is 34.1 Å². The first-order valence-corrected chi connectivity index (χ1v) is 6.05. The lowest BCUT2D eigenvalue weighted by atomic mass is 10.0. The average Bonchev–Trinajstić information content (AvgIpc) is 2.84. The highest BCUT2D eigenvalue weighted by Gasteiger charge is 2.53. The lowest BCUT2D eigenvalue weighted by molar-refractivity contribution is 0.128. The van der Waals surface area contributed by atoms with E-state index >= 15 is 0 Å². The van der Waals surface area contributed by atoms with Crippen LogP contribution >= 0.6 is 15.9 Å². The molecular formula is C12H14BrFO. The Bertz CT molecular complexity index is 380. The standard InChI is InChI=1S/C12H14BrFO/c1-2-3-9-7-12(9,15)8-4-5-10(13)11(14)6-8/h4-6,9,15H,2-3,7H2,1H3. The van der Waals surface area contributed by atoms with Crippen LogP contribution in [-0.2, 0) is 5.60 Å². The predicted molar refractivity (Wildman–Crippen MR) is 61.0 cm³/mol. The van der Waals surface area contributed by atoms with Crippen LogP contribution in [0, 0.1) is 11.7 Å². The Hall–Kier alpha value is -0.410. The molecule has 0 aliphatic heterocycles. The minimum absolute atomic E-state index is 0.303. The summed E-state index contributed by atoms with van der Waals surface area (Å²) in [5, 5.41) is 10.2. The van der Waals surface area contributed by atoms with Crippen molar-refractivity contribution in [1.82, 2.24) is 0 Å². The molecule has 2 atom stereocenters. The van der Waals surface area contributed by atoms with Gasteiger partial charge < -0.3 is 5.11 Å². The van der Waals surface area contributed by atoms with Crippen molar-refractivity contribution < 1.29 is 9.50 Å². The first-order chi connectivity index (χ1) is 7.08. The Labute approximate surface area is 97.4 Å². The van der Waals surface area contributed by atoms with Gasteiger partial charge in [-0.05, 0) is 52.4 Å². The Morgan fingerprint density at radius 1 is 1.60 bits per heavy atom. The van der Waals surface area contributed by atoms with E-state index in [1.54, 1.807) is 12.1 Å². The van der Waals surface area contributed by atoms with Crippen LogP contribution in [0.3, 0.4) is 0 Å². The van der Waals surface area contributed by atoms with Gasteiger partial charge >= 0.3 is 0 Å². The van der Waals surface area contributed by atoms with Crippen molar-refractivity contribution in [3.63, 3.8) is 0 Å². The molecule has 0 aromatic heterocycles. The third kappa shape index (κ3) is 1.95. The lowest BCUT2D eigenvalue weighted by Gasteiger charge is -2.11. The van der Waals surface area contributed by atoms with Gasteiger partial charge in [-0.15, -0.1) is 0 Å². The number of aliphatic hydroxyl groups is 1. The molecule has 0 heterocycles. The quantitative estimate of drug-likeness (QED) is 0.892. The van der Waals surface area contributed by atoms with Crippen LogP contribution in [0.25, 0.3) is 0 Å². The van der Waals surface area contributed by atoms with Crippen LogP contribution in [0.15, 0.2) is 22.7 Å². The predicted octanol–water partition coefficient (Wildman–Crippen LogP) is 3.60. The van der Waals surface area contributed by atoms with Crippen LogP contribution < -0.4 is 0 Å². The summed E-state index contributed by atoms with van der Waals surface area (Å²) in [7, 11) is 0. The second-order valence-electron chi connectivity index (χ2n) is 4.24. The molecule has 82 valence electrons. The molecule has 0 saturated heterocycles. The molecule has 2 rings (SSSR count). The number of hydrogen-bond acceptors (Lipinski definition) is 1. The van der Waals surface area contributed by atoms with Crippen molar-refractivity contribution in [2.45, 2.75) is 31.8 Å². The summed E-state index contributed by atoms with van der Waals surface area (Å²) in [6.07, 6.45) is 2.84. The van der Waals surface area contributed by atoms with Crippen LogP contribution in [0.5, 0.6) is 0 Å². The Morgan fingerprint density at radius 3 is 2.93 bits per heavy atom. The van der Waals surface area contributed by atoms with Gasteiger partial charge in [0.1, 0.15) is 5.82 Å². The van der Waals surface area contributed by atoms with Crippen molar-refractivity contribution >= 4 is 15.9 Å². The molecule has 1 fully saturated rings. The average molecular weight is 273 g/mol. The third-order valence-electron chi connectivity index (χ3n) is 3.13. The topological polar surface area (TPSA) is 20.2 Å². The van der Waals surface area contributed by atoms with E-state index in [1.165, 1.54) is 6.07 Å². The van der Waals surface area contributed by atoms with Gasteiger partial charge in [0.25, 0.3) is 0 Å². The zero-order chi connectivity index (χ0) is 11.1. The van der Waals surface area contributed by atoms with Crippen LogP contribution in [0.4, 0.5) is 4.39 Å². The van der Waals surface area contributed by atoms with Gasteiger partial charge in [0.05, 0.1) is 10.1 Å². The van der Waals surface area contributed by atoms with Crippen molar-refractivity contribution in [2.24, 2.45) is 5.92 Å². The fraction of sp³-hybridized carbons (Fsp3) is 0.500. The molecule has 1 aliphatic rings. The van der Waals surface area contributed by atoms with Gasteiger partial charge in [-0.2, -0.15) is 0 Å². The zero-order valence-corrected chi connectivity index (χ0v) is 10.2. The summed E-state index contributed by atoms with van der Waals surface area (Å²) in [6, 6.07) is 4.88. The molecule has 0 radical (unpaired) electrons. The molecule has 1 N–H and O–H groups in total. The summed E-state index contributed by atoms with van der Waals surface area (Å²) < 4.78 is 13.7. The maximum Gasteiger partial charge on any atom is 0.137 e. The van der Waals surface area contributed by atoms with E-state index < -0.39 is 5.60 Å². The number of benzene rings is 1. The molecule has 1 nitrogen and oxygen atoms in total. The summed E-state index contributed by atoms with van der Waals surface area (Å²) >= 11 is 3.11. The fourth-order valence-corrected chi connectivity index (χ4v) is 2.37. The van der Waals surface area contributed by atoms with E-state index in [0.717, 1.165) is 19.3 Å². The van der Waals surface area contributed by atoms with E-state index in [9.17, 15) is 9.50 Å². The highest BCUT2D eigenvalue weighted by atomic mass is 79.9. The molecule has 1 aliphatic carbocycles. The van der Waals surface area contributed by atoms with E-state index in [4.69, 9.17) is 0 Å². The van der Waals surface area contributed by atoms with Crippen LogP contribution in [0.1, 0.15) is 31.7 Å². The van der Waals surface area contributed by atoms with E-state index in [2.05, 4.69) is 22.9 Å². The Morgan fingerprint density at radius 2 is 2.33 bits per heavy atom. The summed E-state index contributed by atoms with van der Waals surface area (Å²) in [4.78, 5) is 0. The van der Waals surface area contributed by atoms with Gasteiger partial charge in [0.15, 0.2) is 0 Å². The first-order valence-electron chi connectivity index (χ1n) is 5.26. The minimum Gasteiger partial charge on any atom is -0.385 e. The Kier molecular flexibility index (Phi) is 2.86. The monoisotopic (exact) mass is 272 g/mol. The van der Waals surface area contributed by atoms with Crippen molar-refractivity contribution in [2.75, 3.05) is 0 Å². The van der Waals surface area contributed by atoms with Crippen molar-refractivity contribution in [1.29, 1.82) is 0 Å². The molecule has 2 unspecified atom stereocenters. The maximum atomic E-state index is 13.3. The molecule has 1 aromatic rings. The Balaban J connectivity index is 2.21. The highest BCUT2D eigenvalue weighted by Crippen LogP contribution is 2.54. The molecule has 0 amide bonds. The highest BCUT2D eigenvalue weighted by molar-refractivity contribution is 9.10. The van der Waals surface area contributed by atoms with Gasteiger partial charge in [-0.3, -0.25) is 0 Å². The SMILES string of the molecule is CCCC1CC1(O)c1ccc(Br)c(F)c1. The van der Waals surface area contributed by atoms with Crippen LogP contribution in [-0.4, -0.2) is 5.11 Å². The van der Waals surface area contributed by atoms with Crippen LogP contribution in [0.2, 0.25) is 0 Å². The largest absolute Gasteiger partial charge is 0.385 e. The zero-order valence-electron chi connectivity index (χ0n) is 8.63. The molecule has 15 heavy (non-hydrogen) atoms. The number of rotatable bonds is 3. The minimum atomic E-state index is -0.766. The molecule has 0 spiro atoms. The lowest BCUT2D eigenvalue weighted by Crippen LogP contribution is -2.09. The van der Waals surface area contributed by atoms with Crippen molar-refractivity contribution in [3.8, 4) is 0 Å². The molecule has 1 aromatic carbocycles. The van der Waals surface area contributed by atoms with E-state index in [-0.39, 0.29) is 5.82 Å². The smallest absolute Gasteiger partial charge is 0.137 e. The van der Waals surface area contributed by atoms with Gasteiger partial charge in [0, 0.05) is 0 Å². The summed E-state index contributed by atoms with van der Waals surface area (Å²) in [6.45, 7) is 2.10.